The molecule has 0 unspecified atom stereocenters. The molecular formula is C16H21NO2. The van der Waals surface area contributed by atoms with Gasteiger partial charge in [0.1, 0.15) is 5.75 Å². The topological polar surface area (TPSA) is 38.3 Å². The van der Waals surface area contributed by atoms with Gasteiger partial charge in [-0.05, 0) is 42.0 Å². The Morgan fingerprint density at radius 2 is 2.16 bits per heavy atom. The second-order valence-electron chi connectivity index (χ2n) is 6.12. The van der Waals surface area contributed by atoms with Crippen molar-refractivity contribution in [2.75, 3.05) is 13.2 Å². The molecule has 0 radical (unpaired) electrons. The molecule has 1 saturated carbocycles. The summed E-state index contributed by atoms with van der Waals surface area (Å²) in [6.07, 6.45) is 5.95. The SMILES string of the molecule is CC1(CNC(=O)c2ccc3c(c2)CCO3)CCCC1. The highest BCUT2D eigenvalue weighted by atomic mass is 16.5. The van der Waals surface area contributed by atoms with E-state index >= 15 is 0 Å². The lowest BCUT2D eigenvalue weighted by molar-refractivity contribution is 0.0934. The Morgan fingerprint density at radius 1 is 1.37 bits per heavy atom. The van der Waals surface area contributed by atoms with E-state index in [0.29, 0.717) is 5.41 Å². The van der Waals surface area contributed by atoms with E-state index in [1.165, 1.54) is 25.7 Å². The molecule has 1 heterocycles. The molecule has 1 aliphatic carbocycles. The number of nitrogens with one attached hydrogen (secondary N) is 1. The Morgan fingerprint density at radius 3 is 2.95 bits per heavy atom. The molecule has 102 valence electrons. The summed E-state index contributed by atoms with van der Waals surface area (Å²) < 4.78 is 5.46. The van der Waals surface area contributed by atoms with Crippen molar-refractivity contribution in [1.29, 1.82) is 0 Å². The van der Waals surface area contributed by atoms with E-state index in [9.17, 15) is 4.79 Å². The Kier molecular flexibility index (Phi) is 3.21. The average Bonchev–Trinajstić information content (AvgIpc) is 3.04. The van der Waals surface area contributed by atoms with E-state index in [-0.39, 0.29) is 5.91 Å². The zero-order valence-electron chi connectivity index (χ0n) is 11.5. The van der Waals surface area contributed by atoms with Crippen molar-refractivity contribution in [2.24, 2.45) is 5.41 Å². The summed E-state index contributed by atoms with van der Waals surface area (Å²) >= 11 is 0. The van der Waals surface area contributed by atoms with Gasteiger partial charge in [0, 0.05) is 18.5 Å². The summed E-state index contributed by atoms with van der Waals surface area (Å²) in [5, 5.41) is 3.09. The van der Waals surface area contributed by atoms with Gasteiger partial charge < -0.3 is 10.1 Å². The highest BCUT2D eigenvalue weighted by Gasteiger charge is 2.29. The standard InChI is InChI=1S/C16H21NO2/c1-16(7-2-3-8-16)11-17-15(18)13-4-5-14-12(10-13)6-9-19-14/h4-5,10H,2-3,6-9,11H2,1H3,(H,17,18). The molecule has 1 aliphatic heterocycles. The summed E-state index contributed by atoms with van der Waals surface area (Å²) in [5.41, 5.74) is 2.21. The maximum Gasteiger partial charge on any atom is 0.251 e. The number of rotatable bonds is 3. The molecule has 0 saturated heterocycles. The molecule has 0 atom stereocenters. The number of carbonyl (C=O) groups excluding carboxylic acids is 1. The first-order valence-electron chi connectivity index (χ1n) is 7.20. The molecule has 1 aromatic carbocycles. The summed E-state index contributed by atoms with van der Waals surface area (Å²) in [6, 6.07) is 5.74. The fourth-order valence-electron chi connectivity index (χ4n) is 3.13. The van der Waals surface area contributed by atoms with Crippen molar-refractivity contribution in [1.82, 2.24) is 5.32 Å². The molecule has 0 spiro atoms. The Balaban J connectivity index is 1.64. The molecule has 0 bridgehead atoms. The van der Waals surface area contributed by atoms with Gasteiger partial charge in [0.25, 0.3) is 5.91 Å². The van der Waals surface area contributed by atoms with Crippen molar-refractivity contribution in [2.45, 2.75) is 39.0 Å². The fraction of sp³-hybridized carbons (Fsp3) is 0.562. The van der Waals surface area contributed by atoms with Gasteiger partial charge in [-0.15, -0.1) is 0 Å². The third-order valence-corrected chi connectivity index (χ3v) is 4.44. The maximum absolute atomic E-state index is 12.2. The van der Waals surface area contributed by atoms with Crippen LogP contribution < -0.4 is 10.1 Å². The average molecular weight is 259 g/mol. The van der Waals surface area contributed by atoms with Gasteiger partial charge >= 0.3 is 0 Å². The van der Waals surface area contributed by atoms with Gasteiger partial charge in [-0.25, -0.2) is 0 Å². The van der Waals surface area contributed by atoms with Crippen LogP contribution >= 0.6 is 0 Å². The van der Waals surface area contributed by atoms with Gasteiger partial charge in [0.05, 0.1) is 6.61 Å². The van der Waals surface area contributed by atoms with Crippen molar-refractivity contribution >= 4 is 5.91 Å². The number of benzene rings is 1. The lowest BCUT2D eigenvalue weighted by atomic mass is 9.89. The van der Waals surface area contributed by atoms with Crippen molar-refractivity contribution < 1.29 is 9.53 Å². The van der Waals surface area contributed by atoms with E-state index in [1.807, 2.05) is 18.2 Å². The summed E-state index contributed by atoms with van der Waals surface area (Å²) in [6.45, 7) is 3.80. The van der Waals surface area contributed by atoms with Gasteiger partial charge in [0.2, 0.25) is 0 Å². The Labute approximate surface area is 114 Å². The van der Waals surface area contributed by atoms with Crippen LogP contribution in [-0.2, 0) is 6.42 Å². The van der Waals surface area contributed by atoms with Crippen LogP contribution in [0.25, 0.3) is 0 Å². The van der Waals surface area contributed by atoms with Gasteiger partial charge in [-0.1, -0.05) is 19.8 Å². The van der Waals surface area contributed by atoms with Crippen molar-refractivity contribution in [3.8, 4) is 5.75 Å². The fourth-order valence-corrected chi connectivity index (χ4v) is 3.13. The molecule has 1 fully saturated rings. The highest BCUT2D eigenvalue weighted by molar-refractivity contribution is 5.94. The predicted molar refractivity (Wildman–Crippen MR) is 74.5 cm³/mol. The maximum atomic E-state index is 12.2. The molecule has 0 aromatic heterocycles. The molecule has 3 heteroatoms. The number of amides is 1. The van der Waals surface area contributed by atoms with Crippen LogP contribution in [0.3, 0.4) is 0 Å². The third kappa shape index (κ3) is 2.60. The minimum absolute atomic E-state index is 0.0443. The minimum atomic E-state index is 0.0443. The highest BCUT2D eigenvalue weighted by Crippen LogP contribution is 2.36. The molecule has 1 N–H and O–H groups in total. The van der Waals surface area contributed by atoms with E-state index < -0.39 is 0 Å². The van der Waals surface area contributed by atoms with Crippen LogP contribution in [0.5, 0.6) is 5.75 Å². The van der Waals surface area contributed by atoms with Gasteiger partial charge in [0.15, 0.2) is 0 Å². The largest absolute Gasteiger partial charge is 0.493 e. The van der Waals surface area contributed by atoms with Crippen LogP contribution in [0.15, 0.2) is 18.2 Å². The molecule has 3 rings (SSSR count). The second-order valence-corrected chi connectivity index (χ2v) is 6.12. The van der Waals surface area contributed by atoms with E-state index in [0.717, 1.165) is 36.4 Å². The first-order chi connectivity index (χ1) is 9.16. The lowest BCUT2D eigenvalue weighted by Crippen LogP contribution is -2.34. The predicted octanol–water partition coefficient (Wildman–Crippen LogP) is 2.93. The molecule has 1 aromatic rings. The summed E-state index contributed by atoms with van der Waals surface area (Å²) in [4.78, 5) is 12.2. The normalized spacial score (nSPS) is 19.8. The summed E-state index contributed by atoms with van der Waals surface area (Å²) in [5.74, 6) is 0.974. The zero-order valence-corrected chi connectivity index (χ0v) is 11.5. The number of carbonyl (C=O) groups is 1. The van der Waals surface area contributed by atoms with E-state index in [1.54, 1.807) is 0 Å². The van der Waals surface area contributed by atoms with Crippen LogP contribution in [0.2, 0.25) is 0 Å². The van der Waals surface area contributed by atoms with Crippen LogP contribution in [-0.4, -0.2) is 19.1 Å². The smallest absolute Gasteiger partial charge is 0.251 e. The number of hydrogen-bond acceptors (Lipinski definition) is 2. The van der Waals surface area contributed by atoms with Gasteiger partial charge in [-0.3, -0.25) is 4.79 Å². The van der Waals surface area contributed by atoms with Gasteiger partial charge in [-0.2, -0.15) is 0 Å². The first-order valence-corrected chi connectivity index (χ1v) is 7.20. The Bertz CT molecular complexity index is 490. The monoisotopic (exact) mass is 259 g/mol. The number of ether oxygens (including phenoxy) is 1. The number of fused-ring (bicyclic) bond motifs is 1. The van der Waals surface area contributed by atoms with E-state index in [2.05, 4.69) is 12.2 Å². The third-order valence-electron chi connectivity index (χ3n) is 4.44. The molecule has 2 aliphatic rings. The molecule has 3 nitrogen and oxygen atoms in total. The lowest BCUT2D eigenvalue weighted by Gasteiger charge is -2.23. The summed E-state index contributed by atoms with van der Waals surface area (Å²) in [7, 11) is 0. The van der Waals surface area contributed by atoms with Crippen molar-refractivity contribution in [3.05, 3.63) is 29.3 Å². The quantitative estimate of drug-likeness (QED) is 0.906. The van der Waals surface area contributed by atoms with E-state index in [4.69, 9.17) is 4.74 Å². The minimum Gasteiger partial charge on any atom is -0.493 e. The zero-order chi connectivity index (χ0) is 13.3. The molecular weight excluding hydrogens is 238 g/mol. The van der Waals surface area contributed by atoms with Crippen molar-refractivity contribution in [3.63, 3.8) is 0 Å². The molecule has 19 heavy (non-hydrogen) atoms. The molecule has 1 amide bonds. The first kappa shape index (κ1) is 12.5. The Hall–Kier alpha value is -1.51. The van der Waals surface area contributed by atoms with Crippen LogP contribution in [0, 0.1) is 5.41 Å². The number of hydrogen-bond donors (Lipinski definition) is 1. The van der Waals surface area contributed by atoms with Crippen LogP contribution in [0.4, 0.5) is 0 Å². The second kappa shape index (κ2) is 4.87. The van der Waals surface area contributed by atoms with Crippen LogP contribution in [0.1, 0.15) is 48.5 Å².